The van der Waals surface area contributed by atoms with E-state index in [4.69, 9.17) is 9.84 Å². The van der Waals surface area contributed by atoms with Gasteiger partial charge in [-0.25, -0.2) is 4.79 Å². The summed E-state index contributed by atoms with van der Waals surface area (Å²) >= 11 is 0. The van der Waals surface area contributed by atoms with Crippen LogP contribution in [0.3, 0.4) is 0 Å². The molecule has 0 bridgehead atoms. The molecule has 2 atom stereocenters. The third-order valence-electron chi connectivity index (χ3n) is 3.44. The Morgan fingerprint density at radius 3 is 2.88 bits per heavy atom. The Balaban J connectivity index is 1.97. The van der Waals surface area contributed by atoms with Gasteiger partial charge in [0.1, 0.15) is 0 Å². The van der Waals surface area contributed by atoms with E-state index in [0.717, 1.165) is 25.7 Å². The average molecular weight is 227 g/mol. The molecule has 0 radical (unpaired) electrons. The van der Waals surface area contributed by atoms with Crippen LogP contribution in [0.15, 0.2) is 0 Å². The molecule has 16 heavy (non-hydrogen) atoms. The molecule has 2 fully saturated rings. The van der Waals surface area contributed by atoms with Crippen LogP contribution in [0.25, 0.3) is 0 Å². The number of nitrogens with zero attached hydrogens (tertiary/aromatic N) is 1. The van der Waals surface area contributed by atoms with Crippen molar-refractivity contribution in [1.82, 2.24) is 4.90 Å². The van der Waals surface area contributed by atoms with Crippen molar-refractivity contribution in [2.45, 2.75) is 38.1 Å². The van der Waals surface area contributed by atoms with E-state index in [9.17, 15) is 9.59 Å². The van der Waals surface area contributed by atoms with Gasteiger partial charge in [0.15, 0.2) is 0 Å². The third-order valence-corrected chi connectivity index (χ3v) is 3.44. The van der Waals surface area contributed by atoms with Crippen molar-refractivity contribution in [3.05, 3.63) is 0 Å². The van der Waals surface area contributed by atoms with Crippen molar-refractivity contribution >= 4 is 12.1 Å². The molecule has 5 heteroatoms. The minimum atomic E-state index is -0.741. The van der Waals surface area contributed by atoms with Crippen molar-refractivity contribution in [1.29, 1.82) is 0 Å². The Morgan fingerprint density at radius 2 is 2.19 bits per heavy atom. The van der Waals surface area contributed by atoms with Crippen LogP contribution < -0.4 is 0 Å². The van der Waals surface area contributed by atoms with Crippen LogP contribution in [-0.2, 0) is 9.53 Å². The molecule has 2 rings (SSSR count). The number of rotatable bonds is 2. The Bertz CT molecular complexity index is 292. The average Bonchev–Trinajstić information content (AvgIpc) is 2.30. The lowest BCUT2D eigenvalue weighted by molar-refractivity contribution is -0.143. The van der Waals surface area contributed by atoms with Gasteiger partial charge >= 0.3 is 12.1 Å². The smallest absolute Gasteiger partial charge is 0.410 e. The molecule has 0 aromatic heterocycles. The lowest BCUT2D eigenvalue weighted by Crippen LogP contribution is -2.47. The maximum atomic E-state index is 11.5. The molecule has 0 aromatic rings. The third kappa shape index (κ3) is 2.28. The van der Waals surface area contributed by atoms with Gasteiger partial charge in [-0.15, -0.1) is 0 Å². The number of hydrogen-bond donors (Lipinski definition) is 1. The summed E-state index contributed by atoms with van der Waals surface area (Å²) in [5.41, 5.74) is 0. The SMILES string of the molecule is O=C(O)C1CCCC(N2CCCOC2=O)C1. The van der Waals surface area contributed by atoms with Crippen LogP contribution >= 0.6 is 0 Å². The normalized spacial score (nSPS) is 31.0. The summed E-state index contributed by atoms with van der Waals surface area (Å²) in [6.07, 6.45) is 3.66. The Hall–Kier alpha value is -1.26. The molecule has 1 aliphatic carbocycles. The zero-order chi connectivity index (χ0) is 11.5. The Morgan fingerprint density at radius 1 is 1.38 bits per heavy atom. The molecule has 1 aliphatic heterocycles. The second-order valence-corrected chi connectivity index (χ2v) is 4.52. The molecule has 90 valence electrons. The van der Waals surface area contributed by atoms with Gasteiger partial charge in [-0.05, 0) is 25.7 Å². The molecule has 1 heterocycles. The van der Waals surface area contributed by atoms with Gasteiger partial charge < -0.3 is 14.7 Å². The van der Waals surface area contributed by atoms with Crippen LogP contribution in [0.1, 0.15) is 32.1 Å². The van der Waals surface area contributed by atoms with E-state index < -0.39 is 5.97 Å². The molecular weight excluding hydrogens is 210 g/mol. The van der Waals surface area contributed by atoms with Gasteiger partial charge in [0.05, 0.1) is 12.5 Å². The fourth-order valence-electron chi connectivity index (χ4n) is 2.57. The summed E-state index contributed by atoms with van der Waals surface area (Å²) in [5, 5.41) is 8.99. The summed E-state index contributed by atoms with van der Waals surface area (Å²) < 4.78 is 4.98. The van der Waals surface area contributed by atoms with Crippen molar-refractivity contribution in [3.8, 4) is 0 Å². The summed E-state index contributed by atoms with van der Waals surface area (Å²) in [6, 6.07) is 0.0580. The van der Waals surface area contributed by atoms with E-state index in [1.807, 2.05) is 0 Å². The lowest BCUT2D eigenvalue weighted by Gasteiger charge is -2.37. The Labute approximate surface area is 94.4 Å². The first-order chi connectivity index (χ1) is 7.68. The fraction of sp³-hybridized carbons (Fsp3) is 0.818. The highest BCUT2D eigenvalue weighted by atomic mass is 16.6. The number of hydrogen-bond acceptors (Lipinski definition) is 3. The first kappa shape index (κ1) is 11.2. The van der Waals surface area contributed by atoms with Crippen molar-refractivity contribution < 1.29 is 19.4 Å². The van der Waals surface area contributed by atoms with Gasteiger partial charge in [0.25, 0.3) is 0 Å². The number of carbonyl (C=O) groups excluding carboxylic acids is 1. The quantitative estimate of drug-likeness (QED) is 0.775. The second kappa shape index (κ2) is 4.72. The summed E-state index contributed by atoms with van der Waals surface area (Å²) in [5.74, 6) is -1.04. The van der Waals surface area contributed by atoms with E-state index in [1.54, 1.807) is 4.90 Å². The van der Waals surface area contributed by atoms with Crippen molar-refractivity contribution in [3.63, 3.8) is 0 Å². The zero-order valence-electron chi connectivity index (χ0n) is 9.22. The molecule has 0 aromatic carbocycles. The maximum Gasteiger partial charge on any atom is 0.410 e. The highest BCUT2D eigenvalue weighted by molar-refractivity contribution is 5.71. The van der Waals surface area contributed by atoms with E-state index in [2.05, 4.69) is 0 Å². The predicted octanol–water partition coefficient (Wildman–Crippen LogP) is 1.47. The van der Waals surface area contributed by atoms with Gasteiger partial charge in [-0.3, -0.25) is 4.79 Å². The molecule has 1 saturated heterocycles. The second-order valence-electron chi connectivity index (χ2n) is 4.52. The summed E-state index contributed by atoms with van der Waals surface area (Å²) in [6.45, 7) is 1.19. The lowest BCUT2D eigenvalue weighted by atomic mass is 9.85. The minimum absolute atomic E-state index is 0.0580. The number of cyclic esters (lactones) is 1. The standard InChI is InChI=1S/C11H17NO4/c13-10(14)8-3-1-4-9(7-8)12-5-2-6-16-11(12)15/h8-9H,1-7H2,(H,13,14). The van der Waals surface area contributed by atoms with Crippen molar-refractivity contribution in [2.24, 2.45) is 5.92 Å². The topological polar surface area (TPSA) is 66.8 Å². The van der Waals surface area contributed by atoms with E-state index >= 15 is 0 Å². The number of ether oxygens (including phenoxy) is 1. The van der Waals surface area contributed by atoms with Gasteiger partial charge in [-0.2, -0.15) is 0 Å². The minimum Gasteiger partial charge on any atom is -0.481 e. The molecule has 2 aliphatic rings. The molecule has 1 N–H and O–H groups in total. The first-order valence-electron chi connectivity index (χ1n) is 5.84. The Kier molecular flexibility index (Phi) is 3.31. The first-order valence-corrected chi connectivity index (χ1v) is 5.84. The summed E-state index contributed by atoms with van der Waals surface area (Å²) in [4.78, 5) is 24.2. The number of carboxylic acids is 1. The number of carboxylic acid groups (broad SMARTS) is 1. The molecule has 1 saturated carbocycles. The number of aliphatic carboxylic acids is 1. The van der Waals surface area contributed by atoms with Crippen LogP contribution in [0, 0.1) is 5.92 Å². The highest BCUT2D eigenvalue weighted by Crippen LogP contribution is 2.29. The van der Waals surface area contributed by atoms with Crippen LogP contribution in [-0.4, -0.2) is 41.3 Å². The summed E-state index contributed by atoms with van der Waals surface area (Å²) in [7, 11) is 0. The van der Waals surface area contributed by atoms with Crippen LogP contribution in [0.5, 0.6) is 0 Å². The molecule has 5 nitrogen and oxygen atoms in total. The van der Waals surface area contributed by atoms with E-state index in [0.29, 0.717) is 19.6 Å². The fourth-order valence-corrected chi connectivity index (χ4v) is 2.57. The zero-order valence-corrected chi connectivity index (χ0v) is 9.22. The van der Waals surface area contributed by atoms with Crippen LogP contribution in [0.2, 0.25) is 0 Å². The molecule has 2 unspecified atom stereocenters. The predicted molar refractivity (Wildman–Crippen MR) is 56.1 cm³/mol. The largest absolute Gasteiger partial charge is 0.481 e. The van der Waals surface area contributed by atoms with Crippen molar-refractivity contribution in [2.75, 3.05) is 13.2 Å². The van der Waals surface area contributed by atoms with E-state index in [-0.39, 0.29) is 18.1 Å². The molecule has 0 spiro atoms. The van der Waals surface area contributed by atoms with Crippen LogP contribution in [0.4, 0.5) is 4.79 Å². The highest BCUT2D eigenvalue weighted by Gasteiger charge is 2.34. The molecular formula is C11H17NO4. The maximum absolute atomic E-state index is 11.5. The molecule has 1 amide bonds. The van der Waals surface area contributed by atoms with Gasteiger partial charge in [0, 0.05) is 12.6 Å². The van der Waals surface area contributed by atoms with Gasteiger partial charge in [0.2, 0.25) is 0 Å². The number of amides is 1. The van der Waals surface area contributed by atoms with E-state index in [1.165, 1.54) is 0 Å². The van der Waals surface area contributed by atoms with Gasteiger partial charge in [-0.1, -0.05) is 6.42 Å². The monoisotopic (exact) mass is 227 g/mol. The number of carbonyl (C=O) groups is 2.